The molecule has 0 aliphatic heterocycles. The number of nitrogens with two attached hydrogens (primary N) is 1. The minimum Gasteiger partial charge on any atom is -0.346 e. The van der Waals surface area contributed by atoms with Gasteiger partial charge in [0.25, 0.3) is 0 Å². The number of aromatic amines is 1. The molecule has 0 fully saturated rings. The Hall–Kier alpha value is -0.830. The molecular weight excluding hydrogens is 150 g/mol. The number of rotatable bonds is 3. The maximum Gasteiger partial charge on any atom is 0.106 e. The molecule has 1 aromatic rings. The highest BCUT2D eigenvalue weighted by Crippen LogP contribution is 2.08. The van der Waals surface area contributed by atoms with E-state index in [9.17, 15) is 0 Å². The summed E-state index contributed by atoms with van der Waals surface area (Å²) in [5.41, 5.74) is 6.86. The molecule has 0 aliphatic carbocycles. The SMILES string of the molecule is Cc1cnc(CCC(C)(C)N)[nH]1. The Balaban J connectivity index is 2.44. The molecule has 68 valence electrons. The van der Waals surface area contributed by atoms with Crippen LogP contribution in [0, 0.1) is 6.92 Å². The molecule has 0 saturated carbocycles. The second kappa shape index (κ2) is 3.27. The molecule has 1 aromatic heterocycles. The number of nitrogens with zero attached hydrogens (tertiary/aromatic N) is 1. The van der Waals surface area contributed by atoms with Crippen molar-refractivity contribution in [2.24, 2.45) is 5.73 Å². The summed E-state index contributed by atoms with van der Waals surface area (Å²) in [6.45, 7) is 6.07. The average Bonchev–Trinajstić information content (AvgIpc) is 2.30. The molecule has 0 spiro atoms. The van der Waals surface area contributed by atoms with Crippen LogP contribution in [0.15, 0.2) is 6.20 Å². The molecule has 0 amide bonds. The lowest BCUT2D eigenvalue weighted by Gasteiger charge is -2.16. The van der Waals surface area contributed by atoms with Gasteiger partial charge in [-0.15, -0.1) is 0 Å². The van der Waals surface area contributed by atoms with Gasteiger partial charge in [0.05, 0.1) is 0 Å². The first kappa shape index (κ1) is 9.26. The zero-order valence-corrected chi connectivity index (χ0v) is 8.02. The summed E-state index contributed by atoms with van der Waals surface area (Å²) in [6.07, 6.45) is 3.73. The number of aryl methyl sites for hydroxylation is 2. The maximum absolute atomic E-state index is 5.85. The molecule has 0 unspecified atom stereocenters. The third-order valence-corrected chi connectivity index (χ3v) is 1.76. The number of nitrogens with one attached hydrogen (secondary N) is 1. The fraction of sp³-hybridized carbons (Fsp3) is 0.667. The van der Waals surface area contributed by atoms with Gasteiger partial charge in [-0.05, 0) is 27.2 Å². The number of hydrogen-bond acceptors (Lipinski definition) is 2. The summed E-state index contributed by atoms with van der Waals surface area (Å²) in [5, 5.41) is 0. The van der Waals surface area contributed by atoms with Crippen molar-refractivity contribution in [2.75, 3.05) is 0 Å². The van der Waals surface area contributed by atoms with Crippen molar-refractivity contribution in [3.8, 4) is 0 Å². The molecule has 0 saturated heterocycles. The standard InChI is InChI=1S/C9H17N3/c1-7-6-11-8(12-7)4-5-9(2,3)10/h6H,4-5,10H2,1-3H3,(H,11,12). The van der Waals surface area contributed by atoms with Gasteiger partial charge in [-0.2, -0.15) is 0 Å². The first-order chi connectivity index (χ1) is 5.47. The van der Waals surface area contributed by atoms with Crippen molar-refractivity contribution in [3.63, 3.8) is 0 Å². The third kappa shape index (κ3) is 3.05. The van der Waals surface area contributed by atoms with Gasteiger partial charge in [-0.25, -0.2) is 4.98 Å². The van der Waals surface area contributed by atoms with Crippen LogP contribution in [-0.2, 0) is 6.42 Å². The number of hydrogen-bond donors (Lipinski definition) is 2. The second-order valence-electron chi connectivity index (χ2n) is 4.00. The molecule has 12 heavy (non-hydrogen) atoms. The van der Waals surface area contributed by atoms with Gasteiger partial charge in [0.15, 0.2) is 0 Å². The van der Waals surface area contributed by atoms with Crippen LogP contribution >= 0.6 is 0 Å². The van der Waals surface area contributed by atoms with E-state index in [2.05, 4.69) is 9.97 Å². The summed E-state index contributed by atoms with van der Waals surface area (Å²) in [6, 6.07) is 0. The van der Waals surface area contributed by atoms with E-state index in [0.29, 0.717) is 0 Å². The topological polar surface area (TPSA) is 54.7 Å². The molecule has 1 rings (SSSR count). The Morgan fingerprint density at radius 1 is 1.58 bits per heavy atom. The van der Waals surface area contributed by atoms with Crippen LogP contribution in [0.1, 0.15) is 31.8 Å². The van der Waals surface area contributed by atoms with Crippen LogP contribution in [0.25, 0.3) is 0 Å². The van der Waals surface area contributed by atoms with Crippen LogP contribution < -0.4 is 5.73 Å². The Kier molecular flexibility index (Phi) is 2.52. The fourth-order valence-corrected chi connectivity index (χ4v) is 1.03. The molecule has 0 aromatic carbocycles. The molecular formula is C9H17N3. The van der Waals surface area contributed by atoms with E-state index < -0.39 is 0 Å². The van der Waals surface area contributed by atoms with E-state index in [4.69, 9.17) is 5.73 Å². The minimum atomic E-state index is -0.0965. The van der Waals surface area contributed by atoms with Gasteiger partial charge in [0.1, 0.15) is 5.82 Å². The molecule has 0 atom stereocenters. The van der Waals surface area contributed by atoms with Crippen LogP contribution in [0.2, 0.25) is 0 Å². The summed E-state index contributed by atoms with van der Waals surface area (Å²) in [5.74, 6) is 1.03. The highest BCUT2D eigenvalue weighted by Gasteiger charge is 2.11. The second-order valence-corrected chi connectivity index (χ2v) is 4.00. The number of imidazole rings is 1. The highest BCUT2D eigenvalue weighted by molar-refractivity contribution is 4.99. The van der Waals surface area contributed by atoms with E-state index >= 15 is 0 Å². The van der Waals surface area contributed by atoms with Crippen LogP contribution in [0.5, 0.6) is 0 Å². The van der Waals surface area contributed by atoms with Crippen molar-refractivity contribution >= 4 is 0 Å². The van der Waals surface area contributed by atoms with E-state index in [1.54, 1.807) is 0 Å². The largest absolute Gasteiger partial charge is 0.346 e. The maximum atomic E-state index is 5.85. The van der Waals surface area contributed by atoms with Gasteiger partial charge in [-0.3, -0.25) is 0 Å². The van der Waals surface area contributed by atoms with Crippen molar-refractivity contribution in [3.05, 3.63) is 17.7 Å². The minimum absolute atomic E-state index is 0.0965. The predicted octanol–water partition coefficient (Wildman–Crippen LogP) is 1.39. The van der Waals surface area contributed by atoms with Crippen LogP contribution in [0.3, 0.4) is 0 Å². The van der Waals surface area contributed by atoms with Gasteiger partial charge in [0, 0.05) is 23.9 Å². The van der Waals surface area contributed by atoms with Crippen molar-refractivity contribution in [2.45, 2.75) is 39.2 Å². The van der Waals surface area contributed by atoms with E-state index in [0.717, 1.165) is 24.4 Å². The third-order valence-electron chi connectivity index (χ3n) is 1.76. The molecule has 1 heterocycles. The molecule has 3 N–H and O–H groups in total. The quantitative estimate of drug-likeness (QED) is 0.714. The Morgan fingerprint density at radius 2 is 2.25 bits per heavy atom. The number of aromatic nitrogens is 2. The molecule has 0 aliphatic rings. The fourth-order valence-electron chi connectivity index (χ4n) is 1.03. The smallest absolute Gasteiger partial charge is 0.106 e. The van der Waals surface area contributed by atoms with Crippen molar-refractivity contribution in [1.82, 2.24) is 9.97 Å². The zero-order valence-electron chi connectivity index (χ0n) is 8.02. The summed E-state index contributed by atoms with van der Waals surface area (Å²) < 4.78 is 0. The van der Waals surface area contributed by atoms with Gasteiger partial charge < -0.3 is 10.7 Å². The van der Waals surface area contributed by atoms with Gasteiger partial charge >= 0.3 is 0 Å². The highest BCUT2D eigenvalue weighted by atomic mass is 14.9. The van der Waals surface area contributed by atoms with E-state index in [-0.39, 0.29) is 5.54 Å². The monoisotopic (exact) mass is 167 g/mol. The summed E-state index contributed by atoms with van der Waals surface area (Å²) in [7, 11) is 0. The lowest BCUT2D eigenvalue weighted by atomic mass is 10.0. The summed E-state index contributed by atoms with van der Waals surface area (Å²) >= 11 is 0. The zero-order chi connectivity index (χ0) is 9.19. The molecule has 0 bridgehead atoms. The average molecular weight is 167 g/mol. The lowest BCUT2D eigenvalue weighted by molar-refractivity contribution is 0.472. The molecule has 3 nitrogen and oxygen atoms in total. The normalized spacial score (nSPS) is 12.0. The van der Waals surface area contributed by atoms with Gasteiger partial charge in [0.2, 0.25) is 0 Å². The van der Waals surface area contributed by atoms with Gasteiger partial charge in [-0.1, -0.05) is 0 Å². The van der Waals surface area contributed by atoms with Crippen LogP contribution in [-0.4, -0.2) is 15.5 Å². The first-order valence-corrected chi connectivity index (χ1v) is 4.27. The van der Waals surface area contributed by atoms with Crippen molar-refractivity contribution in [1.29, 1.82) is 0 Å². The van der Waals surface area contributed by atoms with E-state index in [1.807, 2.05) is 27.0 Å². The number of H-pyrrole nitrogens is 1. The Morgan fingerprint density at radius 3 is 2.67 bits per heavy atom. The first-order valence-electron chi connectivity index (χ1n) is 4.27. The molecule has 3 heteroatoms. The lowest BCUT2D eigenvalue weighted by Crippen LogP contribution is -2.32. The van der Waals surface area contributed by atoms with Crippen molar-refractivity contribution < 1.29 is 0 Å². The Labute approximate surface area is 73.4 Å². The predicted molar refractivity (Wildman–Crippen MR) is 49.9 cm³/mol. The molecule has 0 radical (unpaired) electrons. The van der Waals surface area contributed by atoms with Crippen LogP contribution in [0.4, 0.5) is 0 Å². The van der Waals surface area contributed by atoms with E-state index in [1.165, 1.54) is 0 Å². The summed E-state index contributed by atoms with van der Waals surface area (Å²) in [4.78, 5) is 7.39. The Bertz CT molecular complexity index is 245.